The van der Waals surface area contributed by atoms with Crippen LogP contribution in [0.3, 0.4) is 0 Å². The second-order valence-electron chi connectivity index (χ2n) is 4.87. The van der Waals surface area contributed by atoms with Gasteiger partial charge in [0.05, 0.1) is 0 Å². The van der Waals surface area contributed by atoms with E-state index in [0.29, 0.717) is 23.2 Å². The maximum absolute atomic E-state index is 9.09. The molecular weight excluding hydrogens is 266 g/mol. The zero-order chi connectivity index (χ0) is 14.7. The summed E-state index contributed by atoms with van der Waals surface area (Å²) in [6.45, 7) is 2.48. The largest absolute Gasteiger partial charge is 0.455 e. The van der Waals surface area contributed by atoms with Crippen LogP contribution in [0.15, 0.2) is 46.9 Å². The Morgan fingerprint density at radius 2 is 1.95 bits per heavy atom. The quantitative estimate of drug-likeness (QED) is 0.781. The van der Waals surface area contributed by atoms with Gasteiger partial charge in [-0.25, -0.2) is 9.67 Å². The number of benzene rings is 1. The van der Waals surface area contributed by atoms with E-state index < -0.39 is 0 Å². The molecule has 0 bridgehead atoms. The molecule has 1 N–H and O–H groups in total. The Morgan fingerprint density at radius 1 is 1.14 bits per heavy atom. The van der Waals surface area contributed by atoms with Gasteiger partial charge in [0.2, 0.25) is 0 Å². The summed E-state index contributed by atoms with van der Waals surface area (Å²) in [5, 5.41) is 13.5. The predicted molar refractivity (Wildman–Crippen MR) is 78.5 cm³/mol. The summed E-state index contributed by atoms with van der Waals surface area (Å²) in [4.78, 5) is 4.42. The van der Waals surface area contributed by atoms with Gasteiger partial charge in [-0.15, -0.1) is 0 Å². The first-order valence-corrected chi connectivity index (χ1v) is 6.91. The van der Waals surface area contributed by atoms with Gasteiger partial charge in [0, 0.05) is 6.54 Å². The van der Waals surface area contributed by atoms with Crippen LogP contribution in [0.2, 0.25) is 0 Å². The van der Waals surface area contributed by atoms with Gasteiger partial charge >= 0.3 is 0 Å². The number of nitrogens with zero attached hydrogens (tertiary/aromatic N) is 3. The zero-order valence-electron chi connectivity index (χ0n) is 11.9. The summed E-state index contributed by atoms with van der Waals surface area (Å²) in [6, 6.07) is 13.8. The van der Waals surface area contributed by atoms with Gasteiger partial charge in [-0.2, -0.15) is 5.10 Å². The van der Waals surface area contributed by atoms with Gasteiger partial charge in [0.15, 0.2) is 11.6 Å². The molecule has 0 spiro atoms. The van der Waals surface area contributed by atoms with Crippen molar-refractivity contribution in [3.8, 4) is 11.6 Å². The Balaban J connectivity index is 1.82. The van der Waals surface area contributed by atoms with Crippen molar-refractivity contribution >= 4 is 0 Å². The molecule has 1 aromatic carbocycles. The molecule has 21 heavy (non-hydrogen) atoms. The molecule has 0 aliphatic carbocycles. The molecule has 108 valence electrons. The zero-order valence-corrected chi connectivity index (χ0v) is 11.9. The lowest BCUT2D eigenvalue weighted by Crippen LogP contribution is -2.05. The van der Waals surface area contributed by atoms with Crippen molar-refractivity contribution in [1.29, 1.82) is 0 Å². The summed E-state index contributed by atoms with van der Waals surface area (Å²) in [6.07, 6.45) is 0.879. The van der Waals surface area contributed by atoms with Gasteiger partial charge < -0.3 is 9.52 Å². The fourth-order valence-corrected chi connectivity index (χ4v) is 2.26. The summed E-state index contributed by atoms with van der Waals surface area (Å²) in [5.74, 6) is 2.57. The average molecular weight is 283 g/mol. The van der Waals surface area contributed by atoms with Crippen molar-refractivity contribution in [2.24, 2.45) is 0 Å². The first kappa shape index (κ1) is 13.6. The highest BCUT2D eigenvalue weighted by molar-refractivity contribution is 5.47. The second kappa shape index (κ2) is 5.93. The van der Waals surface area contributed by atoms with Crippen molar-refractivity contribution in [3.05, 3.63) is 59.6 Å². The van der Waals surface area contributed by atoms with Crippen LogP contribution in [-0.4, -0.2) is 19.9 Å². The highest BCUT2D eigenvalue weighted by Crippen LogP contribution is 2.21. The Hall–Kier alpha value is -2.40. The molecule has 0 aliphatic rings. The number of furan rings is 1. The Labute approximate surface area is 122 Å². The number of aryl methyl sites for hydroxylation is 3. The molecule has 0 radical (unpaired) electrons. The van der Waals surface area contributed by atoms with E-state index in [4.69, 9.17) is 9.52 Å². The summed E-state index contributed by atoms with van der Waals surface area (Å²) in [5.41, 5.74) is 1.26. The van der Waals surface area contributed by atoms with Crippen LogP contribution in [0.1, 0.15) is 17.1 Å². The van der Waals surface area contributed by atoms with E-state index >= 15 is 0 Å². The molecule has 2 aromatic heterocycles. The lowest BCUT2D eigenvalue weighted by molar-refractivity contribution is 0.248. The predicted octanol–water partition coefficient (Wildman–Crippen LogP) is 2.58. The van der Waals surface area contributed by atoms with Gasteiger partial charge in [-0.1, -0.05) is 30.3 Å². The molecule has 0 fully saturated rings. The minimum absolute atomic E-state index is 0.114. The monoisotopic (exact) mass is 283 g/mol. The third-order valence-corrected chi connectivity index (χ3v) is 3.27. The van der Waals surface area contributed by atoms with Crippen LogP contribution in [0.25, 0.3) is 11.6 Å². The van der Waals surface area contributed by atoms with E-state index in [1.165, 1.54) is 5.56 Å². The maximum atomic E-state index is 9.09. The van der Waals surface area contributed by atoms with E-state index in [-0.39, 0.29) is 6.61 Å². The van der Waals surface area contributed by atoms with Crippen LogP contribution >= 0.6 is 0 Å². The van der Waals surface area contributed by atoms with Gasteiger partial charge in [0.1, 0.15) is 18.2 Å². The molecule has 2 heterocycles. The molecular formula is C16H17N3O2. The first-order valence-electron chi connectivity index (χ1n) is 6.91. The number of hydrogen-bond acceptors (Lipinski definition) is 4. The third kappa shape index (κ3) is 3.03. The number of aliphatic hydroxyl groups excluding tert-OH is 1. The minimum Gasteiger partial charge on any atom is -0.455 e. The van der Waals surface area contributed by atoms with Gasteiger partial charge in [0.25, 0.3) is 0 Å². The summed E-state index contributed by atoms with van der Waals surface area (Å²) in [7, 11) is 0. The molecule has 0 amide bonds. The normalized spacial score (nSPS) is 11.0. The van der Waals surface area contributed by atoms with E-state index in [1.807, 2.05) is 35.9 Å². The number of rotatable bonds is 5. The third-order valence-electron chi connectivity index (χ3n) is 3.27. The molecule has 0 aliphatic heterocycles. The molecule has 5 nitrogen and oxygen atoms in total. The smallest absolute Gasteiger partial charge is 0.194 e. The minimum atomic E-state index is -0.114. The fourth-order valence-electron chi connectivity index (χ4n) is 2.26. The fraction of sp³-hybridized carbons (Fsp3) is 0.250. The van der Waals surface area contributed by atoms with Crippen LogP contribution in [0, 0.1) is 6.92 Å². The average Bonchev–Trinajstić information content (AvgIpc) is 3.12. The van der Waals surface area contributed by atoms with Crippen molar-refractivity contribution in [1.82, 2.24) is 14.8 Å². The van der Waals surface area contributed by atoms with Gasteiger partial charge in [-0.05, 0) is 31.0 Å². The number of hydrogen-bond donors (Lipinski definition) is 1. The summed E-state index contributed by atoms with van der Waals surface area (Å²) < 4.78 is 7.40. The Kier molecular flexibility index (Phi) is 3.83. The Morgan fingerprint density at radius 3 is 2.67 bits per heavy atom. The van der Waals surface area contributed by atoms with Crippen molar-refractivity contribution in [2.75, 3.05) is 0 Å². The standard InChI is InChI=1S/C16H17N3O2/c1-12-17-16(15-8-7-14(11-20)21-15)19(18-12)10-9-13-5-3-2-4-6-13/h2-8,20H,9-11H2,1H3. The van der Waals surface area contributed by atoms with E-state index in [9.17, 15) is 0 Å². The summed E-state index contributed by atoms with van der Waals surface area (Å²) >= 11 is 0. The lowest BCUT2D eigenvalue weighted by Gasteiger charge is -2.04. The van der Waals surface area contributed by atoms with Crippen molar-refractivity contribution in [3.63, 3.8) is 0 Å². The topological polar surface area (TPSA) is 64.1 Å². The van der Waals surface area contributed by atoms with E-state index in [1.54, 1.807) is 6.07 Å². The molecule has 5 heteroatoms. The molecule has 0 saturated heterocycles. The SMILES string of the molecule is Cc1nc(-c2ccc(CO)o2)n(CCc2ccccc2)n1. The number of aliphatic hydroxyl groups is 1. The molecule has 3 aromatic rings. The molecule has 0 atom stereocenters. The highest BCUT2D eigenvalue weighted by Gasteiger charge is 2.13. The first-order chi connectivity index (χ1) is 10.3. The van der Waals surface area contributed by atoms with Crippen LogP contribution in [0.4, 0.5) is 0 Å². The molecule has 0 saturated carbocycles. The molecule has 0 unspecified atom stereocenters. The van der Waals surface area contributed by atoms with Crippen molar-refractivity contribution < 1.29 is 9.52 Å². The highest BCUT2D eigenvalue weighted by atomic mass is 16.4. The molecule has 3 rings (SSSR count). The van der Waals surface area contributed by atoms with Crippen LogP contribution in [0.5, 0.6) is 0 Å². The maximum Gasteiger partial charge on any atom is 0.194 e. The number of aromatic nitrogens is 3. The van der Waals surface area contributed by atoms with E-state index in [2.05, 4.69) is 22.2 Å². The van der Waals surface area contributed by atoms with Crippen molar-refractivity contribution in [2.45, 2.75) is 26.5 Å². The lowest BCUT2D eigenvalue weighted by atomic mass is 10.1. The second-order valence-corrected chi connectivity index (χ2v) is 4.87. The van der Waals surface area contributed by atoms with Gasteiger partial charge in [-0.3, -0.25) is 0 Å². The van der Waals surface area contributed by atoms with Crippen LogP contribution in [-0.2, 0) is 19.6 Å². The Bertz CT molecular complexity index is 716. The van der Waals surface area contributed by atoms with E-state index in [0.717, 1.165) is 13.0 Å². The van der Waals surface area contributed by atoms with Crippen LogP contribution < -0.4 is 0 Å².